The number of halogens is 2. The van der Waals surface area contributed by atoms with E-state index in [1.165, 1.54) is 0 Å². The first-order chi connectivity index (χ1) is 7.31. The van der Waals surface area contributed by atoms with Crippen molar-refractivity contribution >= 4 is 35.0 Å². The number of thioether (sulfide) groups is 1. The second-order valence-electron chi connectivity index (χ2n) is 4.67. The van der Waals surface area contributed by atoms with Gasteiger partial charge in [0.05, 0.1) is 10.0 Å². The van der Waals surface area contributed by atoms with Gasteiger partial charge in [-0.25, -0.2) is 0 Å². The largest absolute Gasteiger partial charge is 0.323 e. The van der Waals surface area contributed by atoms with Crippen LogP contribution in [-0.4, -0.2) is 10.5 Å². The summed E-state index contributed by atoms with van der Waals surface area (Å²) in [4.78, 5) is 0. The quantitative estimate of drug-likeness (QED) is 0.879. The first-order valence-corrected chi connectivity index (χ1v) is 6.89. The fourth-order valence-electron chi connectivity index (χ4n) is 1.24. The number of hydrogen-bond acceptors (Lipinski definition) is 2. The van der Waals surface area contributed by atoms with Crippen LogP contribution >= 0.6 is 35.0 Å². The van der Waals surface area contributed by atoms with Gasteiger partial charge >= 0.3 is 0 Å². The smallest absolute Gasteiger partial charge is 0.0640 e. The average Bonchev–Trinajstić information content (AvgIpc) is 2.17. The summed E-state index contributed by atoms with van der Waals surface area (Å²) in [5, 5.41) is 1.14. The van der Waals surface area contributed by atoms with Gasteiger partial charge in [0, 0.05) is 16.5 Å². The molecule has 1 aromatic carbocycles. The second-order valence-corrected chi connectivity index (χ2v) is 7.30. The molecule has 1 rings (SSSR count). The molecule has 1 atom stereocenters. The maximum absolute atomic E-state index is 6.12. The third-order valence-electron chi connectivity index (χ3n) is 2.08. The van der Waals surface area contributed by atoms with Crippen LogP contribution in [0, 0.1) is 0 Å². The third kappa shape index (κ3) is 4.17. The first-order valence-electron chi connectivity index (χ1n) is 5.15. The summed E-state index contributed by atoms with van der Waals surface area (Å²) in [6.07, 6.45) is 0. The van der Waals surface area contributed by atoms with Crippen molar-refractivity contribution in [1.82, 2.24) is 0 Å². The highest BCUT2D eigenvalue weighted by molar-refractivity contribution is 8.00. The van der Waals surface area contributed by atoms with E-state index in [0.717, 1.165) is 11.3 Å². The highest BCUT2D eigenvalue weighted by Gasteiger charge is 2.16. The van der Waals surface area contributed by atoms with Crippen LogP contribution < -0.4 is 5.73 Å². The number of nitrogens with two attached hydrogens (primary N) is 1. The molecular formula is C12H17Cl2NS. The molecule has 2 N–H and O–H groups in total. The predicted molar refractivity (Wildman–Crippen MR) is 75.6 cm³/mol. The van der Waals surface area contributed by atoms with Crippen molar-refractivity contribution in [3.63, 3.8) is 0 Å². The molecule has 16 heavy (non-hydrogen) atoms. The van der Waals surface area contributed by atoms with Gasteiger partial charge in [-0.1, -0.05) is 56.1 Å². The summed E-state index contributed by atoms with van der Waals surface area (Å²) in [5.74, 6) is 0.837. The molecule has 0 aliphatic rings. The summed E-state index contributed by atoms with van der Waals surface area (Å²) >= 11 is 13.9. The van der Waals surface area contributed by atoms with Gasteiger partial charge in [0.15, 0.2) is 0 Å². The van der Waals surface area contributed by atoms with Gasteiger partial charge in [0.2, 0.25) is 0 Å². The van der Waals surface area contributed by atoms with Crippen LogP contribution in [0.3, 0.4) is 0 Å². The molecule has 0 saturated heterocycles. The molecule has 0 radical (unpaired) electrons. The van der Waals surface area contributed by atoms with Crippen LogP contribution in [-0.2, 0) is 0 Å². The van der Waals surface area contributed by atoms with Crippen LogP contribution in [0.4, 0.5) is 0 Å². The summed E-state index contributed by atoms with van der Waals surface area (Å²) in [6, 6.07) is 5.51. The Balaban J connectivity index is 2.73. The lowest BCUT2D eigenvalue weighted by molar-refractivity contribution is 0.779. The fourth-order valence-corrected chi connectivity index (χ4v) is 2.54. The van der Waals surface area contributed by atoms with Gasteiger partial charge in [-0.15, -0.1) is 0 Å². The Labute approximate surface area is 112 Å². The van der Waals surface area contributed by atoms with E-state index in [4.69, 9.17) is 28.9 Å². The maximum Gasteiger partial charge on any atom is 0.0640 e. The van der Waals surface area contributed by atoms with Crippen LogP contribution in [0.15, 0.2) is 18.2 Å². The Morgan fingerprint density at radius 3 is 2.50 bits per heavy atom. The zero-order chi connectivity index (χ0) is 12.3. The van der Waals surface area contributed by atoms with Crippen molar-refractivity contribution in [1.29, 1.82) is 0 Å². The SMILES string of the molecule is CC(C)(C)SCC(N)c1cccc(Cl)c1Cl. The van der Waals surface area contributed by atoms with Crippen LogP contribution in [0.25, 0.3) is 0 Å². The topological polar surface area (TPSA) is 26.0 Å². The van der Waals surface area contributed by atoms with Gasteiger partial charge in [-0.05, 0) is 11.6 Å². The molecule has 0 aliphatic carbocycles. The van der Waals surface area contributed by atoms with E-state index in [1.54, 1.807) is 6.07 Å². The van der Waals surface area contributed by atoms with Gasteiger partial charge in [0.25, 0.3) is 0 Å². The minimum atomic E-state index is -0.0737. The van der Waals surface area contributed by atoms with Gasteiger partial charge in [0.1, 0.15) is 0 Å². The zero-order valence-electron chi connectivity index (χ0n) is 9.76. The summed E-state index contributed by atoms with van der Waals surface area (Å²) in [5.41, 5.74) is 7.03. The lowest BCUT2D eigenvalue weighted by Crippen LogP contribution is -2.18. The highest BCUT2D eigenvalue weighted by Crippen LogP contribution is 2.33. The van der Waals surface area contributed by atoms with E-state index >= 15 is 0 Å². The van der Waals surface area contributed by atoms with Crippen LogP contribution in [0.2, 0.25) is 10.0 Å². The molecule has 0 heterocycles. The van der Waals surface area contributed by atoms with Crippen LogP contribution in [0.5, 0.6) is 0 Å². The zero-order valence-corrected chi connectivity index (χ0v) is 12.1. The standard InChI is InChI=1S/C12H17Cl2NS/c1-12(2,3)16-7-10(15)8-5-4-6-9(13)11(8)14/h4-6,10H,7,15H2,1-3H3. The van der Waals surface area contributed by atoms with Crippen molar-refractivity contribution in [2.24, 2.45) is 5.73 Å². The Morgan fingerprint density at radius 1 is 1.31 bits per heavy atom. The van der Waals surface area contributed by atoms with Crippen molar-refractivity contribution in [2.75, 3.05) is 5.75 Å². The third-order valence-corrected chi connectivity index (χ3v) is 4.30. The molecule has 90 valence electrons. The molecule has 0 spiro atoms. The van der Waals surface area contributed by atoms with Crippen molar-refractivity contribution < 1.29 is 0 Å². The van der Waals surface area contributed by atoms with E-state index in [0.29, 0.717) is 10.0 Å². The molecule has 0 bridgehead atoms. The van der Waals surface area contributed by atoms with Crippen molar-refractivity contribution in [2.45, 2.75) is 31.6 Å². The van der Waals surface area contributed by atoms with Crippen LogP contribution in [0.1, 0.15) is 32.4 Å². The molecule has 0 fully saturated rings. The molecule has 0 saturated carbocycles. The van der Waals surface area contributed by atoms with E-state index in [-0.39, 0.29) is 10.8 Å². The van der Waals surface area contributed by atoms with Crippen molar-refractivity contribution in [3.05, 3.63) is 33.8 Å². The number of benzene rings is 1. The molecule has 1 aromatic rings. The first kappa shape index (κ1) is 14.2. The molecule has 1 unspecified atom stereocenters. The minimum absolute atomic E-state index is 0.0737. The Morgan fingerprint density at radius 2 is 1.94 bits per heavy atom. The summed E-state index contributed by atoms with van der Waals surface area (Å²) < 4.78 is 0.211. The Hall–Kier alpha value is 0.110. The Bertz CT molecular complexity index is 361. The lowest BCUT2D eigenvalue weighted by Gasteiger charge is -2.21. The van der Waals surface area contributed by atoms with E-state index in [1.807, 2.05) is 23.9 Å². The lowest BCUT2D eigenvalue weighted by atomic mass is 10.1. The van der Waals surface area contributed by atoms with E-state index in [2.05, 4.69) is 20.8 Å². The molecule has 4 heteroatoms. The maximum atomic E-state index is 6.12. The average molecular weight is 278 g/mol. The van der Waals surface area contributed by atoms with Gasteiger partial charge in [-0.2, -0.15) is 11.8 Å². The van der Waals surface area contributed by atoms with Gasteiger partial charge in [-0.3, -0.25) is 0 Å². The van der Waals surface area contributed by atoms with E-state index in [9.17, 15) is 0 Å². The number of hydrogen-bond donors (Lipinski definition) is 1. The molecule has 0 aliphatic heterocycles. The van der Waals surface area contributed by atoms with Gasteiger partial charge < -0.3 is 5.73 Å². The van der Waals surface area contributed by atoms with E-state index < -0.39 is 0 Å². The molecule has 0 amide bonds. The van der Waals surface area contributed by atoms with Crippen molar-refractivity contribution in [3.8, 4) is 0 Å². The molecular weight excluding hydrogens is 261 g/mol. The predicted octanol–water partition coefficient (Wildman–Crippen LogP) is 4.52. The summed E-state index contributed by atoms with van der Waals surface area (Å²) in [7, 11) is 0. The summed E-state index contributed by atoms with van der Waals surface area (Å²) in [6.45, 7) is 6.51. The highest BCUT2D eigenvalue weighted by atomic mass is 35.5. The number of rotatable bonds is 3. The molecule has 1 nitrogen and oxygen atoms in total. The fraction of sp³-hybridized carbons (Fsp3) is 0.500. The minimum Gasteiger partial charge on any atom is -0.323 e. The second kappa shape index (κ2) is 5.63. The molecule has 0 aromatic heterocycles. The normalized spacial score (nSPS) is 13.9. The monoisotopic (exact) mass is 277 g/mol. The Kier molecular flexibility index (Phi) is 4.99.